The van der Waals surface area contributed by atoms with Crippen LogP contribution in [0.2, 0.25) is 0 Å². The topological polar surface area (TPSA) is 59.2 Å². The van der Waals surface area contributed by atoms with Gasteiger partial charge < -0.3 is 9.32 Å². The Kier molecular flexibility index (Phi) is 6.98. The summed E-state index contributed by atoms with van der Waals surface area (Å²) in [6, 6.07) is 9.73. The van der Waals surface area contributed by atoms with Gasteiger partial charge in [0, 0.05) is 13.1 Å². The number of carbonyl (C=O) groups excluding carboxylic acids is 1. The van der Waals surface area contributed by atoms with Crippen LogP contribution in [0.15, 0.2) is 40.0 Å². The van der Waals surface area contributed by atoms with Gasteiger partial charge in [0.05, 0.1) is 5.75 Å². The van der Waals surface area contributed by atoms with Crippen molar-refractivity contribution in [3.8, 4) is 0 Å². The number of nitrogens with zero attached hydrogens (tertiary/aromatic N) is 3. The summed E-state index contributed by atoms with van der Waals surface area (Å²) in [6.07, 6.45) is 1.98. The van der Waals surface area contributed by atoms with Crippen LogP contribution in [0.4, 0.5) is 0 Å². The molecular formula is C16H21N3O2S2. The number of hydrogen-bond acceptors (Lipinski definition) is 6. The highest BCUT2D eigenvalue weighted by molar-refractivity contribution is 8.00. The quantitative estimate of drug-likeness (QED) is 0.677. The third-order valence-corrected chi connectivity index (χ3v) is 4.95. The maximum absolute atomic E-state index is 12.9. The Balaban J connectivity index is 2.24. The fourth-order valence-electron chi connectivity index (χ4n) is 2.16. The summed E-state index contributed by atoms with van der Waals surface area (Å²) < 4.78 is 5.62. The van der Waals surface area contributed by atoms with Crippen molar-refractivity contribution >= 4 is 29.4 Å². The average Bonchev–Trinajstić information content (AvgIpc) is 3.02. The van der Waals surface area contributed by atoms with E-state index in [1.165, 1.54) is 11.8 Å². The summed E-state index contributed by atoms with van der Waals surface area (Å²) in [5.41, 5.74) is 0.944. The summed E-state index contributed by atoms with van der Waals surface area (Å²) >= 11 is 2.94. The van der Waals surface area contributed by atoms with E-state index in [1.54, 1.807) is 11.8 Å². The molecule has 1 aromatic carbocycles. The van der Waals surface area contributed by atoms with Gasteiger partial charge in [-0.1, -0.05) is 30.3 Å². The molecule has 0 spiro atoms. The Bertz CT molecular complexity index is 615. The molecule has 1 unspecified atom stereocenters. The molecule has 23 heavy (non-hydrogen) atoms. The summed E-state index contributed by atoms with van der Waals surface area (Å²) in [6.45, 7) is 5.33. The van der Waals surface area contributed by atoms with Gasteiger partial charge in [0.25, 0.3) is 5.22 Å². The summed E-state index contributed by atoms with van der Waals surface area (Å²) in [5, 5.41) is 8.13. The molecule has 7 heteroatoms. The molecule has 1 heterocycles. The molecule has 0 aliphatic heterocycles. The van der Waals surface area contributed by atoms with E-state index in [0.717, 1.165) is 5.56 Å². The summed E-state index contributed by atoms with van der Waals surface area (Å²) in [7, 11) is 0. The average molecular weight is 351 g/mol. The summed E-state index contributed by atoms with van der Waals surface area (Å²) in [4.78, 5) is 14.7. The zero-order valence-corrected chi connectivity index (χ0v) is 15.2. The monoisotopic (exact) mass is 351 g/mol. The van der Waals surface area contributed by atoms with Crippen molar-refractivity contribution in [1.82, 2.24) is 15.1 Å². The van der Waals surface area contributed by atoms with Gasteiger partial charge in [0.15, 0.2) is 0 Å². The van der Waals surface area contributed by atoms with Crippen LogP contribution in [0, 0.1) is 0 Å². The second kappa shape index (κ2) is 8.98. The van der Waals surface area contributed by atoms with Gasteiger partial charge in [-0.15, -0.1) is 10.2 Å². The number of carbonyl (C=O) groups is 1. The van der Waals surface area contributed by atoms with Gasteiger partial charge in [-0.05, 0) is 37.4 Å². The van der Waals surface area contributed by atoms with Crippen LogP contribution in [0.3, 0.4) is 0 Å². The van der Waals surface area contributed by atoms with Crippen molar-refractivity contribution in [2.45, 2.75) is 30.1 Å². The fraction of sp³-hybridized carbons (Fsp3) is 0.438. The molecule has 0 fully saturated rings. The molecule has 0 aliphatic rings. The molecule has 0 N–H and O–H groups in total. The van der Waals surface area contributed by atoms with Crippen LogP contribution in [0.5, 0.6) is 0 Å². The van der Waals surface area contributed by atoms with Crippen LogP contribution >= 0.6 is 23.5 Å². The Morgan fingerprint density at radius 1 is 1.22 bits per heavy atom. The van der Waals surface area contributed by atoms with Crippen molar-refractivity contribution in [1.29, 1.82) is 0 Å². The SMILES string of the molecule is CCN(CC)C(=O)C(Sc1nnc(CSC)o1)c1ccccc1. The van der Waals surface area contributed by atoms with E-state index in [2.05, 4.69) is 10.2 Å². The number of hydrogen-bond donors (Lipinski definition) is 0. The molecule has 2 aromatic rings. The number of benzene rings is 1. The second-order valence-electron chi connectivity index (χ2n) is 4.81. The van der Waals surface area contributed by atoms with Crippen LogP contribution < -0.4 is 0 Å². The lowest BCUT2D eigenvalue weighted by molar-refractivity contribution is -0.130. The predicted molar refractivity (Wildman–Crippen MR) is 94.5 cm³/mol. The first-order valence-corrected chi connectivity index (χ1v) is 9.78. The second-order valence-corrected chi connectivity index (χ2v) is 6.74. The molecule has 0 radical (unpaired) electrons. The lowest BCUT2D eigenvalue weighted by Crippen LogP contribution is -2.33. The van der Waals surface area contributed by atoms with E-state index >= 15 is 0 Å². The normalized spacial score (nSPS) is 12.1. The molecule has 5 nitrogen and oxygen atoms in total. The Labute approximate surface area is 145 Å². The molecule has 124 valence electrons. The van der Waals surface area contributed by atoms with E-state index in [9.17, 15) is 4.79 Å². The maximum atomic E-state index is 12.9. The number of aromatic nitrogens is 2. The molecule has 0 saturated carbocycles. The van der Waals surface area contributed by atoms with Crippen LogP contribution in [0.25, 0.3) is 0 Å². The van der Waals surface area contributed by atoms with Gasteiger partial charge in [0.1, 0.15) is 5.25 Å². The fourth-order valence-corrected chi connectivity index (χ4v) is 3.50. The highest BCUT2D eigenvalue weighted by atomic mass is 32.2. The number of amides is 1. The smallest absolute Gasteiger partial charge is 0.277 e. The largest absolute Gasteiger partial charge is 0.415 e. The minimum atomic E-state index is -0.376. The van der Waals surface area contributed by atoms with Gasteiger partial charge in [-0.25, -0.2) is 0 Å². The number of likely N-dealkylation sites (N-methyl/N-ethyl adjacent to an activating group) is 1. The van der Waals surface area contributed by atoms with Crippen molar-refractivity contribution in [3.63, 3.8) is 0 Å². The predicted octanol–water partition coefficient (Wildman–Crippen LogP) is 3.63. The van der Waals surface area contributed by atoms with Crippen LogP contribution in [0.1, 0.15) is 30.6 Å². The lowest BCUT2D eigenvalue weighted by Gasteiger charge is -2.24. The first kappa shape index (κ1) is 17.9. The van der Waals surface area contributed by atoms with Gasteiger partial charge in [-0.2, -0.15) is 11.8 Å². The van der Waals surface area contributed by atoms with Gasteiger partial charge in [-0.3, -0.25) is 4.79 Å². The molecule has 1 amide bonds. The van der Waals surface area contributed by atoms with Crippen molar-refractivity contribution < 1.29 is 9.21 Å². The van der Waals surface area contributed by atoms with Crippen molar-refractivity contribution in [3.05, 3.63) is 41.8 Å². The van der Waals surface area contributed by atoms with E-state index in [4.69, 9.17) is 4.42 Å². The van der Waals surface area contributed by atoms with Crippen molar-refractivity contribution in [2.75, 3.05) is 19.3 Å². The van der Waals surface area contributed by atoms with E-state index in [0.29, 0.717) is 30.0 Å². The highest BCUT2D eigenvalue weighted by Crippen LogP contribution is 2.36. The van der Waals surface area contributed by atoms with Gasteiger partial charge in [0.2, 0.25) is 11.8 Å². The summed E-state index contributed by atoms with van der Waals surface area (Å²) in [5.74, 6) is 1.33. The number of thioether (sulfide) groups is 2. The van der Waals surface area contributed by atoms with Crippen molar-refractivity contribution in [2.24, 2.45) is 0 Å². The Morgan fingerprint density at radius 2 is 1.91 bits per heavy atom. The van der Waals surface area contributed by atoms with Gasteiger partial charge >= 0.3 is 0 Å². The molecule has 1 aromatic heterocycles. The van der Waals surface area contributed by atoms with E-state index in [1.807, 2.05) is 55.3 Å². The molecular weight excluding hydrogens is 330 g/mol. The Morgan fingerprint density at radius 3 is 2.52 bits per heavy atom. The zero-order chi connectivity index (χ0) is 16.7. The number of rotatable bonds is 8. The third kappa shape index (κ3) is 4.75. The van der Waals surface area contributed by atoms with E-state index < -0.39 is 0 Å². The minimum absolute atomic E-state index is 0.0656. The lowest BCUT2D eigenvalue weighted by atomic mass is 10.1. The molecule has 0 aliphatic carbocycles. The first-order valence-electron chi connectivity index (χ1n) is 7.51. The minimum Gasteiger partial charge on any atom is -0.415 e. The third-order valence-electron chi connectivity index (χ3n) is 3.34. The van der Waals surface area contributed by atoms with Crippen LogP contribution in [-0.4, -0.2) is 40.3 Å². The molecule has 2 rings (SSSR count). The molecule has 1 atom stereocenters. The molecule has 0 saturated heterocycles. The highest BCUT2D eigenvalue weighted by Gasteiger charge is 2.27. The van der Waals surface area contributed by atoms with E-state index in [-0.39, 0.29) is 11.2 Å². The zero-order valence-electron chi connectivity index (χ0n) is 13.6. The van der Waals surface area contributed by atoms with Crippen LogP contribution in [-0.2, 0) is 10.5 Å². The maximum Gasteiger partial charge on any atom is 0.277 e. The molecule has 0 bridgehead atoms. The Hall–Kier alpha value is -1.47. The first-order chi connectivity index (χ1) is 11.2. The standard InChI is InChI=1S/C16H21N3O2S2/c1-4-19(5-2)15(20)14(12-9-7-6-8-10-12)23-16-18-17-13(21-16)11-22-3/h6-10,14H,4-5,11H2,1-3H3.